The highest BCUT2D eigenvalue weighted by atomic mass is 32.2. The lowest BCUT2D eigenvalue weighted by Gasteiger charge is -2.42. The number of anilines is 1. The van der Waals surface area contributed by atoms with Gasteiger partial charge in [-0.1, -0.05) is 29.5 Å². The van der Waals surface area contributed by atoms with Gasteiger partial charge in [0.1, 0.15) is 6.54 Å². The molecule has 7 atom stereocenters. The number of thioether (sulfide) groups is 1. The van der Waals surface area contributed by atoms with E-state index >= 15 is 0 Å². The summed E-state index contributed by atoms with van der Waals surface area (Å²) in [5.41, 5.74) is 2.69. The molecule has 2 bridgehead atoms. The molecule has 6 unspecified atom stereocenters. The van der Waals surface area contributed by atoms with Gasteiger partial charge in [0, 0.05) is 34.1 Å². The molecule has 1 aromatic carbocycles. The number of hydrogen-bond donors (Lipinski definition) is 2. The number of nitrogens with zero attached hydrogens (tertiary/aromatic N) is 2. The summed E-state index contributed by atoms with van der Waals surface area (Å²) in [6.45, 7) is 1.66. The zero-order valence-corrected chi connectivity index (χ0v) is 21.6. The van der Waals surface area contributed by atoms with E-state index < -0.39 is 11.8 Å². The maximum Gasteiger partial charge on any atom is 0.305 e. The normalized spacial score (nSPS) is 31.3. The predicted molar refractivity (Wildman–Crippen MR) is 139 cm³/mol. The van der Waals surface area contributed by atoms with Crippen LogP contribution >= 0.6 is 23.1 Å². The van der Waals surface area contributed by atoms with E-state index in [9.17, 15) is 19.2 Å². The lowest BCUT2D eigenvalue weighted by atomic mass is 9.68. The van der Waals surface area contributed by atoms with Gasteiger partial charge in [0.15, 0.2) is 0 Å². The van der Waals surface area contributed by atoms with Crippen LogP contribution in [0.3, 0.4) is 0 Å². The Hall–Kier alpha value is -3.24. The molecule has 2 N–H and O–H groups in total. The topological polar surface area (TPSA) is 112 Å². The molecule has 1 saturated heterocycles. The molecule has 4 aliphatic rings. The van der Waals surface area contributed by atoms with Crippen LogP contribution in [0.4, 0.5) is 5.69 Å². The average molecular weight is 533 g/mol. The molecule has 2 saturated carbocycles. The van der Waals surface area contributed by atoms with Gasteiger partial charge in [0.25, 0.3) is 0 Å². The van der Waals surface area contributed by atoms with E-state index in [1.54, 1.807) is 24.0 Å². The number of pyridine rings is 1. The number of thiazole rings is 1. The summed E-state index contributed by atoms with van der Waals surface area (Å²) in [6.07, 6.45) is 4.39. The van der Waals surface area contributed by atoms with Crippen molar-refractivity contribution in [1.29, 1.82) is 0 Å². The number of imide groups is 1. The predicted octanol–water partition coefficient (Wildman–Crippen LogP) is 3.25. The molecule has 8 nitrogen and oxygen atoms in total. The smallest absolute Gasteiger partial charge is 0.305 e. The Morgan fingerprint density at radius 3 is 2.70 bits per heavy atom. The molecular formula is C27H24N4O4S2. The van der Waals surface area contributed by atoms with Gasteiger partial charge in [0.05, 0.1) is 16.9 Å². The van der Waals surface area contributed by atoms with E-state index in [0.717, 1.165) is 27.5 Å². The maximum atomic E-state index is 13.6. The van der Waals surface area contributed by atoms with Crippen LogP contribution in [0.25, 0.3) is 0 Å². The number of fused-ring (bicyclic) bond motifs is 9. The summed E-state index contributed by atoms with van der Waals surface area (Å²) in [5.74, 6) is -1.53. The third kappa shape index (κ3) is 3.45. The number of aromatic nitrogens is 2. The van der Waals surface area contributed by atoms with Crippen molar-refractivity contribution >= 4 is 46.5 Å². The van der Waals surface area contributed by atoms with Crippen molar-refractivity contribution in [2.75, 3.05) is 11.9 Å². The summed E-state index contributed by atoms with van der Waals surface area (Å²) in [5, 5.41) is 3.81. The Morgan fingerprint density at radius 1 is 1.14 bits per heavy atom. The van der Waals surface area contributed by atoms with Crippen LogP contribution in [0, 0.1) is 36.5 Å². The van der Waals surface area contributed by atoms with Gasteiger partial charge < -0.3 is 10.3 Å². The number of hydrogen-bond acceptors (Lipinski definition) is 7. The van der Waals surface area contributed by atoms with E-state index in [0.29, 0.717) is 5.69 Å². The fraction of sp³-hybridized carbons (Fsp3) is 0.370. The van der Waals surface area contributed by atoms with Gasteiger partial charge in [-0.3, -0.25) is 29.1 Å². The first kappa shape index (κ1) is 22.9. The number of carbonyl (C=O) groups excluding carboxylic acids is 3. The highest BCUT2D eigenvalue weighted by Gasteiger charge is 2.69. The number of H-pyrrole nitrogens is 1. The number of aryl methyl sites for hydroxylation is 1. The van der Waals surface area contributed by atoms with Gasteiger partial charge in [-0.2, -0.15) is 0 Å². The quantitative estimate of drug-likeness (QED) is 0.499. The molecular weight excluding hydrogens is 508 g/mol. The van der Waals surface area contributed by atoms with Gasteiger partial charge in [-0.15, -0.1) is 11.8 Å². The third-order valence-corrected chi connectivity index (χ3v) is 11.1. The fourth-order valence-corrected chi connectivity index (χ4v) is 10.1. The van der Waals surface area contributed by atoms with Crippen LogP contribution in [0.15, 0.2) is 58.6 Å². The number of carbonyl (C=O) groups is 3. The molecule has 7 rings (SSSR count). The number of amides is 3. The molecule has 0 radical (unpaired) electrons. The summed E-state index contributed by atoms with van der Waals surface area (Å²) in [6, 6.07) is 11.4. The number of aromatic amines is 1. The minimum atomic E-state index is -0.414. The Balaban J connectivity index is 1.19. The van der Waals surface area contributed by atoms with E-state index in [-0.39, 0.29) is 58.1 Å². The van der Waals surface area contributed by atoms with Crippen molar-refractivity contribution in [3.8, 4) is 0 Å². The first-order chi connectivity index (χ1) is 17.9. The van der Waals surface area contributed by atoms with Crippen molar-refractivity contribution in [3.63, 3.8) is 0 Å². The lowest BCUT2D eigenvalue weighted by Crippen LogP contribution is -2.42. The van der Waals surface area contributed by atoms with Crippen molar-refractivity contribution < 1.29 is 14.4 Å². The fourth-order valence-electron chi connectivity index (χ4n) is 7.23. The minimum Gasteiger partial charge on any atom is -0.325 e. The molecule has 3 amide bonds. The maximum absolute atomic E-state index is 13.6. The summed E-state index contributed by atoms with van der Waals surface area (Å²) >= 11 is 2.89. The first-order valence-electron chi connectivity index (χ1n) is 12.4. The van der Waals surface area contributed by atoms with Crippen LogP contribution in [0.1, 0.15) is 28.3 Å². The second-order valence-electron chi connectivity index (χ2n) is 10.4. The Morgan fingerprint density at radius 2 is 1.95 bits per heavy atom. The van der Waals surface area contributed by atoms with Crippen LogP contribution in [-0.4, -0.2) is 44.4 Å². The minimum absolute atomic E-state index is 0.0179. The number of nitrogens with one attached hydrogen (secondary N) is 2. The molecule has 0 spiro atoms. The Kier molecular flexibility index (Phi) is 5.20. The molecule has 2 aliphatic heterocycles. The number of benzene rings is 1. The van der Waals surface area contributed by atoms with Crippen LogP contribution in [-0.2, 0) is 14.4 Å². The summed E-state index contributed by atoms with van der Waals surface area (Å²) < 4.78 is 0. The van der Waals surface area contributed by atoms with E-state index in [1.807, 2.05) is 43.5 Å². The van der Waals surface area contributed by atoms with Crippen LogP contribution in [0.2, 0.25) is 0 Å². The van der Waals surface area contributed by atoms with Crippen LogP contribution < -0.4 is 10.2 Å². The van der Waals surface area contributed by atoms with Crippen molar-refractivity contribution in [2.24, 2.45) is 29.6 Å². The molecule has 10 heteroatoms. The average Bonchev–Trinajstić information content (AvgIpc) is 3.60. The molecule has 3 fully saturated rings. The van der Waals surface area contributed by atoms with Crippen molar-refractivity contribution in [2.45, 2.75) is 29.5 Å². The Bertz CT molecular complexity index is 1500. The highest BCUT2D eigenvalue weighted by Crippen LogP contribution is 2.68. The second-order valence-corrected chi connectivity index (χ2v) is 12.6. The van der Waals surface area contributed by atoms with Crippen molar-refractivity contribution in [1.82, 2.24) is 14.9 Å². The van der Waals surface area contributed by atoms with Crippen molar-refractivity contribution in [3.05, 3.63) is 74.5 Å². The zero-order chi connectivity index (χ0) is 25.4. The lowest BCUT2D eigenvalue weighted by molar-refractivity contribution is -0.143. The van der Waals surface area contributed by atoms with Gasteiger partial charge in [-0.05, 0) is 60.4 Å². The monoisotopic (exact) mass is 532 g/mol. The molecule has 188 valence electrons. The van der Waals surface area contributed by atoms with E-state index in [4.69, 9.17) is 0 Å². The standard InChI is InChI=1S/C27H24N4O4S2/c1-12-4-2-6-14(8-12)29-17(32)11-31-25(33)20-15-9-16(21(20)26(31)34)22-19(15)18(13-5-3-7-28-10-13)23-24(36-22)30-27(35)37-23/h2-8,10,15-16,18-22H,9,11H2,1H3,(H,29,32)(H,30,35)/t15?,16?,18-,19?,20?,21?,22?/m1/s1. The third-order valence-electron chi connectivity index (χ3n) is 8.46. The summed E-state index contributed by atoms with van der Waals surface area (Å²) in [4.78, 5) is 61.7. The number of rotatable bonds is 4. The molecule has 3 aromatic rings. The first-order valence-corrected chi connectivity index (χ1v) is 14.1. The molecule has 2 aliphatic carbocycles. The Labute approximate surface area is 220 Å². The molecule has 37 heavy (non-hydrogen) atoms. The molecule has 2 aromatic heterocycles. The van der Waals surface area contributed by atoms with E-state index in [1.165, 1.54) is 16.2 Å². The highest BCUT2D eigenvalue weighted by molar-refractivity contribution is 8.00. The zero-order valence-electron chi connectivity index (χ0n) is 19.9. The largest absolute Gasteiger partial charge is 0.325 e. The summed E-state index contributed by atoms with van der Waals surface area (Å²) in [7, 11) is 0. The van der Waals surface area contributed by atoms with Gasteiger partial charge in [-0.25, -0.2) is 0 Å². The van der Waals surface area contributed by atoms with Crippen LogP contribution in [0.5, 0.6) is 0 Å². The second kappa shape index (κ2) is 8.39. The van der Waals surface area contributed by atoms with E-state index in [2.05, 4.69) is 15.3 Å². The van der Waals surface area contributed by atoms with Gasteiger partial charge >= 0.3 is 4.87 Å². The molecule has 4 heterocycles. The number of likely N-dealkylation sites (tertiary alicyclic amines) is 1. The SMILES string of the molecule is Cc1cccc(NC(=O)CN2C(=O)C3C4CC(C3C2=O)C2C4Sc3[nH]c(=O)sc3[C@@H]2c2cccnc2)c1. The van der Waals surface area contributed by atoms with Gasteiger partial charge in [0.2, 0.25) is 17.7 Å².